The number of anilines is 6. The van der Waals surface area contributed by atoms with Gasteiger partial charge >= 0.3 is 0 Å². The van der Waals surface area contributed by atoms with Crippen molar-refractivity contribution in [3.05, 3.63) is 180 Å². The van der Waals surface area contributed by atoms with Gasteiger partial charge in [0.15, 0.2) is 0 Å². The summed E-state index contributed by atoms with van der Waals surface area (Å²) in [6, 6.07) is 58.7. The van der Waals surface area contributed by atoms with Gasteiger partial charge in [-0.1, -0.05) is 110 Å². The molecule has 7 aromatic carbocycles. The number of thiophene rings is 1. The molecule has 0 saturated heterocycles. The molecule has 0 atom stereocenters. The molecule has 1 aromatic heterocycles. The highest BCUT2D eigenvalue weighted by Crippen LogP contribution is 2.52. The molecule has 0 bridgehead atoms. The van der Waals surface area contributed by atoms with Crippen LogP contribution in [0.4, 0.5) is 34.1 Å². The van der Waals surface area contributed by atoms with E-state index in [0.717, 1.165) is 43.8 Å². The van der Waals surface area contributed by atoms with Crippen LogP contribution in [0.15, 0.2) is 164 Å². The van der Waals surface area contributed by atoms with Gasteiger partial charge in [0.05, 0.1) is 5.69 Å². The van der Waals surface area contributed by atoms with Crippen molar-refractivity contribution in [2.45, 2.75) is 19.3 Å². The number of para-hydroxylation sites is 3. The van der Waals surface area contributed by atoms with E-state index in [0.29, 0.717) is 0 Å². The standard InChI is InChI=1S/C45H33ClN2S/c1-45(2)39-21-13-12-20-36(39)37-24-22-35(29-40(37)45)47(31-14-6-3-7-15-31)34-23-25-42-38(28-34)44-41(26-30(46)27-43(44)49-42)48(32-16-8-4-9-17-32)33-18-10-5-11-19-33/h3-29H,1-2H3. The van der Waals surface area contributed by atoms with E-state index in [4.69, 9.17) is 11.6 Å². The van der Waals surface area contributed by atoms with Crippen LogP contribution >= 0.6 is 22.9 Å². The minimum absolute atomic E-state index is 0.0929. The molecule has 1 aliphatic carbocycles. The molecule has 0 fully saturated rings. The van der Waals surface area contributed by atoms with Gasteiger partial charge in [-0.25, -0.2) is 0 Å². The van der Waals surface area contributed by atoms with Gasteiger partial charge in [0.1, 0.15) is 0 Å². The van der Waals surface area contributed by atoms with Crippen LogP contribution in [-0.2, 0) is 5.41 Å². The lowest BCUT2D eigenvalue weighted by molar-refractivity contribution is 0.660. The zero-order chi connectivity index (χ0) is 33.1. The molecule has 0 spiro atoms. The lowest BCUT2D eigenvalue weighted by atomic mass is 9.82. The van der Waals surface area contributed by atoms with Crippen molar-refractivity contribution in [2.24, 2.45) is 0 Å². The fourth-order valence-corrected chi connectivity index (χ4v) is 9.02. The summed E-state index contributed by atoms with van der Waals surface area (Å²) in [7, 11) is 0. The SMILES string of the molecule is CC1(C)c2ccccc2-c2ccc(N(c3ccccc3)c3ccc4sc5cc(Cl)cc(N(c6ccccc6)c6ccccc6)c5c4c3)cc21. The Morgan fingerprint density at radius 3 is 1.69 bits per heavy atom. The van der Waals surface area contributed by atoms with Crippen LogP contribution in [0, 0.1) is 0 Å². The van der Waals surface area contributed by atoms with E-state index in [1.54, 1.807) is 11.3 Å². The summed E-state index contributed by atoms with van der Waals surface area (Å²) in [5.41, 5.74) is 11.9. The van der Waals surface area contributed by atoms with Crippen molar-refractivity contribution in [3.8, 4) is 11.1 Å². The molecule has 0 amide bonds. The molecule has 2 nitrogen and oxygen atoms in total. The Bertz CT molecular complexity index is 2450. The van der Waals surface area contributed by atoms with E-state index in [9.17, 15) is 0 Å². The average Bonchev–Trinajstić information content (AvgIpc) is 3.61. The average molecular weight is 669 g/mol. The van der Waals surface area contributed by atoms with Gasteiger partial charge in [0.25, 0.3) is 0 Å². The lowest BCUT2D eigenvalue weighted by Crippen LogP contribution is -2.16. The first-order chi connectivity index (χ1) is 24.0. The van der Waals surface area contributed by atoms with Crippen LogP contribution in [-0.4, -0.2) is 0 Å². The minimum Gasteiger partial charge on any atom is -0.310 e. The number of benzene rings is 7. The first-order valence-electron chi connectivity index (χ1n) is 16.6. The van der Waals surface area contributed by atoms with Crippen LogP contribution in [0.2, 0.25) is 5.02 Å². The van der Waals surface area contributed by atoms with Crippen molar-refractivity contribution in [2.75, 3.05) is 9.80 Å². The molecule has 8 aromatic rings. The van der Waals surface area contributed by atoms with Gasteiger partial charge in [-0.05, 0) is 101 Å². The van der Waals surface area contributed by atoms with E-state index >= 15 is 0 Å². The van der Waals surface area contributed by atoms with Gasteiger partial charge in [-0.3, -0.25) is 0 Å². The summed E-state index contributed by atoms with van der Waals surface area (Å²) >= 11 is 8.68. The summed E-state index contributed by atoms with van der Waals surface area (Å²) in [4.78, 5) is 4.71. The first-order valence-corrected chi connectivity index (χ1v) is 17.8. The second-order valence-electron chi connectivity index (χ2n) is 13.2. The highest BCUT2D eigenvalue weighted by Gasteiger charge is 2.35. The predicted octanol–water partition coefficient (Wildman–Crippen LogP) is 14.0. The topological polar surface area (TPSA) is 6.48 Å². The fourth-order valence-electron chi connectivity index (χ4n) is 7.59. The molecular formula is C45H33ClN2S. The molecule has 4 heteroatoms. The molecule has 9 rings (SSSR count). The normalized spacial score (nSPS) is 13.0. The smallest absolute Gasteiger partial charge is 0.0569 e. The third kappa shape index (κ3) is 4.92. The van der Waals surface area contributed by atoms with E-state index in [1.165, 1.54) is 37.7 Å². The number of rotatable bonds is 6. The third-order valence-corrected chi connectivity index (χ3v) is 11.2. The molecule has 0 aliphatic heterocycles. The monoisotopic (exact) mass is 668 g/mol. The summed E-state index contributed by atoms with van der Waals surface area (Å²) < 4.78 is 2.39. The Morgan fingerprint density at radius 1 is 0.469 bits per heavy atom. The Morgan fingerprint density at radius 2 is 1.02 bits per heavy atom. The molecule has 49 heavy (non-hydrogen) atoms. The zero-order valence-electron chi connectivity index (χ0n) is 27.3. The van der Waals surface area contributed by atoms with Crippen molar-refractivity contribution >= 4 is 77.2 Å². The maximum Gasteiger partial charge on any atom is 0.0569 e. The van der Waals surface area contributed by atoms with Gasteiger partial charge in [0, 0.05) is 59.0 Å². The number of hydrogen-bond donors (Lipinski definition) is 0. The van der Waals surface area contributed by atoms with Crippen LogP contribution in [0.1, 0.15) is 25.0 Å². The third-order valence-electron chi connectivity index (χ3n) is 9.87. The van der Waals surface area contributed by atoms with Gasteiger partial charge in [0.2, 0.25) is 0 Å². The Labute approximate surface area is 296 Å². The predicted molar refractivity (Wildman–Crippen MR) is 211 cm³/mol. The maximum atomic E-state index is 6.89. The molecule has 1 heterocycles. The van der Waals surface area contributed by atoms with Gasteiger partial charge in [-0.2, -0.15) is 0 Å². The number of fused-ring (bicyclic) bond motifs is 6. The maximum absolute atomic E-state index is 6.89. The second kappa shape index (κ2) is 11.7. The van der Waals surface area contributed by atoms with Crippen LogP contribution < -0.4 is 9.80 Å². The number of hydrogen-bond acceptors (Lipinski definition) is 3. The summed E-state index contributed by atoms with van der Waals surface area (Å²) in [6.45, 7) is 4.69. The molecule has 1 aliphatic rings. The van der Waals surface area contributed by atoms with Crippen LogP contribution in [0.3, 0.4) is 0 Å². The van der Waals surface area contributed by atoms with Crippen molar-refractivity contribution in [1.82, 2.24) is 0 Å². The van der Waals surface area contributed by atoms with E-state index in [-0.39, 0.29) is 5.41 Å². The molecular weight excluding hydrogens is 636 g/mol. The van der Waals surface area contributed by atoms with E-state index < -0.39 is 0 Å². The lowest BCUT2D eigenvalue weighted by Gasteiger charge is -2.28. The number of halogens is 1. The summed E-state index contributed by atoms with van der Waals surface area (Å²) in [6.07, 6.45) is 0. The van der Waals surface area contributed by atoms with Crippen molar-refractivity contribution in [1.29, 1.82) is 0 Å². The molecule has 236 valence electrons. The van der Waals surface area contributed by atoms with Gasteiger partial charge in [-0.15, -0.1) is 11.3 Å². The highest BCUT2D eigenvalue weighted by atomic mass is 35.5. The zero-order valence-corrected chi connectivity index (χ0v) is 28.8. The quantitative estimate of drug-likeness (QED) is 0.174. The van der Waals surface area contributed by atoms with Gasteiger partial charge < -0.3 is 9.80 Å². The largest absolute Gasteiger partial charge is 0.310 e. The Balaban J connectivity index is 1.27. The molecule has 0 saturated carbocycles. The molecule has 0 N–H and O–H groups in total. The minimum atomic E-state index is -0.0929. The second-order valence-corrected chi connectivity index (χ2v) is 14.7. The van der Waals surface area contributed by atoms with E-state index in [2.05, 4.69) is 187 Å². The Hall–Kier alpha value is -5.35. The van der Waals surface area contributed by atoms with Crippen LogP contribution in [0.5, 0.6) is 0 Å². The highest BCUT2D eigenvalue weighted by molar-refractivity contribution is 7.26. The molecule has 0 unspecified atom stereocenters. The van der Waals surface area contributed by atoms with Crippen LogP contribution in [0.25, 0.3) is 31.3 Å². The van der Waals surface area contributed by atoms with E-state index in [1.807, 2.05) is 0 Å². The van der Waals surface area contributed by atoms with Crippen molar-refractivity contribution in [3.63, 3.8) is 0 Å². The van der Waals surface area contributed by atoms with Crippen molar-refractivity contribution < 1.29 is 0 Å². The Kier molecular flexibility index (Phi) is 7.08. The first kappa shape index (κ1) is 29.8. The summed E-state index contributed by atoms with van der Waals surface area (Å²) in [5, 5.41) is 3.12. The number of nitrogens with zero attached hydrogens (tertiary/aromatic N) is 2. The molecule has 0 radical (unpaired) electrons. The fraction of sp³-hybridized carbons (Fsp3) is 0.0667. The summed E-state index contributed by atoms with van der Waals surface area (Å²) in [5.74, 6) is 0.